The van der Waals surface area contributed by atoms with Crippen LogP contribution in [0.2, 0.25) is 0 Å². The third-order valence-electron chi connectivity index (χ3n) is 4.05. The Kier molecular flexibility index (Phi) is 5.78. The van der Waals surface area contributed by atoms with Gasteiger partial charge < -0.3 is 15.0 Å². The molecule has 0 spiro atoms. The maximum Gasteiger partial charge on any atom is 0.337 e. The van der Waals surface area contributed by atoms with E-state index in [-0.39, 0.29) is 24.0 Å². The van der Waals surface area contributed by atoms with Crippen LogP contribution in [-0.4, -0.2) is 62.8 Å². The number of anilines is 1. The highest BCUT2D eigenvalue weighted by atomic mass is 32.2. The van der Waals surface area contributed by atoms with Gasteiger partial charge in [0.05, 0.1) is 24.2 Å². The molecule has 1 unspecified atom stereocenters. The van der Waals surface area contributed by atoms with Crippen LogP contribution in [0.15, 0.2) is 24.3 Å². The first-order valence-electron chi connectivity index (χ1n) is 7.66. The highest BCUT2D eigenvalue weighted by Gasteiger charge is 2.33. The van der Waals surface area contributed by atoms with Crippen LogP contribution < -0.4 is 5.32 Å². The number of nitrogens with zero attached hydrogens (tertiary/aromatic N) is 1. The number of carbonyl (C=O) groups is 3. The molecule has 0 saturated carbocycles. The van der Waals surface area contributed by atoms with Crippen LogP contribution in [0.1, 0.15) is 23.2 Å². The normalized spacial score (nSPS) is 18.4. The van der Waals surface area contributed by atoms with Gasteiger partial charge in [0, 0.05) is 18.8 Å². The van der Waals surface area contributed by atoms with E-state index in [1.807, 2.05) is 0 Å². The third kappa shape index (κ3) is 5.02. The fraction of sp³-hybridized carbons (Fsp3) is 0.438. The first-order valence-corrected chi connectivity index (χ1v) is 9.48. The number of methoxy groups -OCH3 is 1. The maximum absolute atomic E-state index is 12.1. The zero-order valence-electron chi connectivity index (χ0n) is 14.0. The van der Waals surface area contributed by atoms with Gasteiger partial charge in [-0.2, -0.15) is 0 Å². The van der Waals surface area contributed by atoms with Crippen LogP contribution in [-0.2, 0) is 24.2 Å². The second-order valence-electron chi connectivity index (χ2n) is 5.86. The average molecular weight is 368 g/mol. The van der Waals surface area contributed by atoms with Crippen molar-refractivity contribution in [3.63, 3.8) is 0 Å². The van der Waals surface area contributed by atoms with Gasteiger partial charge in [-0.3, -0.25) is 9.59 Å². The largest absolute Gasteiger partial charge is 0.465 e. The summed E-state index contributed by atoms with van der Waals surface area (Å²) in [7, 11) is -0.317. The fourth-order valence-electron chi connectivity index (χ4n) is 2.56. The van der Waals surface area contributed by atoms with E-state index < -0.39 is 27.6 Å². The summed E-state index contributed by atoms with van der Waals surface area (Å²) >= 11 is 0. The number of ether oxygens (including phenoxy) is 1. The van der Waals surface area contributed by atoms with Gasteiger partial charge in [-0.05, 0) is 30.7 Å². The average Bonchev–Trinajstić information content (AvgIpc) is 2.93. The topological polar surface area (TPSA) is 110 Å². The molecule has 9 heteroatoms. The number of rotatable bonds is 5. The minimum Gasteiger partial charge on any atom is -0.465 e. The van der Waals surface area contributed by atoms with E-state index in [0.717, 1.165) is 0 Å². The molecule has 1 heterocycles. The summed E-state index contributed by atoms with van der Waals surface area (Å²) in [6.45, 7) is 0. The van der Waals surface area contributed by atoms with Gasteiger partial charge in [-0.15, -0.1) is 0 Å². The molecule has 1 saturated heterocycles. The Balaban J connectivity index is 1.89. The molecular formula is C16H20N2O6S. The maximum atomic E-state index is 12.1. The molecule has 0 aromatic heterocycles. The van der Waals surface area contributed by atoms with Gasteiger partial charge in [0.2, 0.25) is 11.8 Å². The number of esters is 1. The quantitative estimate of drug-likeness (QED) is 0.597. The summed E-state index contributed by atoms with van der Waals surface area (Å²) < 4.78 is 27.5. The van der Waals surface area contributed by atoms with Crippen molar-refractivity contribution in [1.29, 1.82) is 0 Å². The predicted molar refractivity (Wildman–Crippen MR) is 90.9 cm³/mol. The molecule has 1 aliphatic rings. The van der Waals surface area contributed by atoms with Crippen molar-refractivity contribution in [3.8, 4) is 0 Å². The molecule has 1 N–H and O–H groups in total. The molecule has 2 amide bonds. The third-order valence-corrected chi connectivity index (χ3v) is 5.80. The second-order valence-corrected chi connectivity index (χ2v) is 8.08. The van der Waals surface area contributed by atoms with E-state index in [9.17, 15) is 22.8 Å². The van der Waals surface area contributed by atoms with Crippen molar-refractivity contribution in [2.24, 2.45) is 0 Å². The van der Waals surface area contributed by atoms with E-state index in [1.54, 1.807) is 0 Å². The van der Waals surface area contributed by atoms with Crippen LogP contribution in [0.3, 0.4) is 0 Å². The number of hydrogen-bond donors (Lipinski definition) is 1. The van der Waals surface area contributed by atoms with Gasteiger partial charge in [-0.1, -0.05) is 0 Å². The molecule has 1 atom stereocenters. The van der Waals surface area contributed by atoms with Crippen LogP contribution in [0.4, 0.5) is 5.69 Å². The molecule has 136 valence electrons. The summed E-state index contributed by atoms with van der Waals surface area (Å²) in [6, 6.07) is 5.67. The lowest BCUT2D eigenvalue weighted by atomic mass is 10.2. The fourth-order valence-corrected chi connectivity index (χ4v) is 4.33. The van der Waals surface area contributed by atoms with E-state index in [0.29, 0.717) is 17.7 Å². The molecule has 8 nitrogen and oxygen atoms in total. The van der Waals surface area contributed by atoms with Crippen LogP contribution in [0.25, 0.3) is 0 Å². The number of hydrogen-bond acceptors (Lipinski definition) is 6. The molecule has 0 bridgehead atoms. The Labute approximate surface area is 146 Å². The number of amides is 2. The van der Waals surface area contributed by atoms with E-state index in [4.69, 9.17) is 0 Å². The SMILES string of the molecule is COC(=O)c1ccc(NC(=O)CC(=O)N(C)C2CCS(=O)(=O)C2)cc1. The number of nitrogens with one attached hydrogen (secondary N) is 1. The Hall–Kier alpha value is -2.42. The van der Waals surface area contributed by atoms with E-state index >= 15 is 0 Å². The first kappa shape index (κ1) is 18.9. The predicted octanol–water partition coefficient (Wildman–Crippen LogP) is 0.447. The molecule has 1 fully saturated rings. The van der Waals surface area contributed by atoms with Gasteiger partial charge in [0.25, 0.3) is 0 Å². The Morgan fingerprint density at radius 3 is 2.40 bits per heavy atom. The van der Waals surface area contributed by atoms with Crippen molar-refractivity contribution in [1.82, 2.24) is 4.90 Å². The standard InChI is InChI=1S/C16H20N2O6S/c1-18(13-7-8-25(22,23)10-13)15(20)9-14(19)17-12-5-3-11(4-6-12)16(21)24-2/h3-6,13H,7-10H2,1-2H3,(H,17,19). The number of benzene rings is 1. The first-order chi connectivity index (χ1) is 11.7. The minimum atomic E-state index is -3.10. The van der Waals surface area contributed by atoms with Crippen molar-refractivity contribution in [2.45, 2.75) is 18.9 Å². The Morgan fingerprint density at radius 1 is 1.24 bits per heavy atom. The summed E-state index contributed by atoms with van der Waals surface area (Å²) in [6.07, 6.45) is 0.00693. The molecule has 1 aromatic rings. The minimum absolute atomic E-state index is 0.0635. The summed E-state index contributed by atoms with van der Waals surface area (Å²) in [5, 5.41) is 2.56. The van der Waals surface area contributed by atoms with Crippen molar-refractivity contribution < 1.29 is 27.5 Å². The number of carbonyl (C=O) groups excluding carboxylic acids is 3. The zero-order valence-corrected chi connectivity index (χ0v) is 14.8. The van der Waals surface area contributed by atoms with Gasteiger partial charge in [-0.25, -0.2) is 13.2 Å². The number of sulfone groups is 1. The van der Waals surface area contributed by atoms with Crippen LogP contribution in [0, 0.1) is 0 Å². The summed E-state index contributed by atoms with van der Waals surface area (Å²) in [4.78, 5) is 36.8. The Bertz CT molecular complexity index is 772. The van der Waals surface area contributed by atoms with Crippen LogP contribution >= 0.6 is 0 Å². The zero-order chi connectivity index (χ0) is 18.6. The Morgan fingerprint density at radius 2 is 1.88 bits per heavy atom. The second kappa shape index (κ2) is 7.64. The highest BCUT2D eigenvalue weighted by Crippen LogP contribution is 2.17. The van der Waals surface area contributed by atoms with Gasteiger partial charge in [0.1, 0.15) is 6.42 Å². The summed E-state index contributed by atoms with van der Waals surface area (Å²) in [5.41, 5.74) is 0.787. The lowest BCUT2D eigenvalue weighted by molar-refractivity contribution is -0.134. The molecular weight excluding hydrogens is 348 g/mol. The summed E-state index contributed by atoms with van der Waals surface area (Å²) in [5.74, 6) is -1.43. The van der Waals surface area contributed by atoms with Gasteiger partial charge in [0.15, 0.2) is 9.84 Å². The van der Waals surface area contributed by atoms with Crippen LogP contribution in [0.5, 0.6) is 0 Å². The van der Waals surface area contributed by atoms with Gasteiger partial charge >= 0.3 is 5.97 Å². The molecule has 0 aliphatic carbocycles. The molecule has 2 rings (SSSR count). The lowest BCUT2D eigenvalue weighted by Gasteiger charge is -2.23. The monoisotopic (exact) mass is 368 g/mol. The molecule has 0 radical (unpaired) electrons. The van der Waals surface area contributed by atoms with Crippen molar-refractivity contribution in [3.05, 3.63) is 29.8 Å². The van der Waals surface area contributed by atoms with Crippen molar-refractivity contribution in [2.75, 3.05) is 31.0 Å². The molecule has 25 heavy (non-hydrogen) atoms. The van der Waals surface area contributed by atoms with E-state index in [1.165, 1.54) is 43.3 Å². The lowest BCUT2D eigenvalue weighted by Crippen LogP contribution is -2.39. The molecule has 1 aliphatic heterocycles. The van der Waals surface area contributed by atoms with E-state index in [2.05, 4.69) is 10.1 Å². The molecule has 1 aromatic carbocycles. The smallest absolute Gasteiger partial charge is 0.337 e. The van der Waals surface area contributed by atoms with Crippen molar-refractivity contribution >= 4 is 33.3 Å². The highest BCUT2D eigenvalue weighted by molar-refractivity contribution is 7.91.